The Balaban J connectivity index is 2.13. The van der Waals surface area contributed by atoms with Crippen LogP contribution in [0.5, 0.6) is 0 Å². The maximum Gasteiger partial charge on any atom is 0.355 e. The van der Waals surface area contributed by atoms with Gasteiger partial charge in [0.25, 0.3) is 0 Å². The SMILES string of the molecule is COC(=O)C1=C(C(=O)OC)N(c2cccc3c(Br)cccc23)C(N)=C(C#N)C1c1ccccc1. The number of hydrogen-bond acceptors (Lipinski definition) is 7. The van der Waals surface area contributed by atoms with Crippen LogP contribution in [0.2, 0.25) is 0 Å². The van der Waals surface area contributed by atoms with Crippen molar-refractivity contribution in [3.8, 4) is 6.07 Å². The Morgan fingerprint density at radius 3 is 2.24 bits per heavy atom. The van der Waals surface area contributed by atoms with Crippen LogP contribution in [0.4, 0.5) is 5.69 Å². The number of ether oxygens (including phenoxy) is 2. The van der Waals surface area contributed by atoms with Crippen LogP contribution < -0.4 is 10.6 Å². The van der Waals surface area contributed by atoms with Gasteiger partial charge in [-0.1, -0.05) is 70.5 Å². The average molecular weight is 518 g/mol. The molecule has 1 aliphatic heterocycles. The Bertz CT molecular complexity index is 1410. The molecule has 0 amide bonds. The fraction of sp³-hybridized carbons (Fsp3) is 0.115. The van der Waals surface area contributed by atoms with Crippen LogP contribution in [0.1, 0.15) is 11.5 Å². The lowest BCUT2D eigenvalue weighted by atomic mass is 9.80. The highest BCUT2D eigenvalue weighted by Crippen LogP contribution is 2.45. The molecule has 0 radical (unpaired) electrons. The second kappa shape index (κ2) is 9.41. The minimum absolute atomic E-state index is 0.0249. The number of halogens is 1. The monoisotopic (exact) mass is 517 g/mol. The van der Waals surface area contributed by atoms with Crippen molar-refractivity contribution >= 4 is 44.3 Å². The van der Waals surface area contributed by atoms with E-state index in [-0.39, 0.29) is 22.7 Å². The highest BCUT2D eigenvalue weighted by molar-refractivity contribution is 9.10. The molecule has 3 aromatic rings. The summed E-state index contributed by atoms with van der Waals surface area (Å²) in [6, 6.07) is 22.1. The first-order chi connectivity index (χ1) is 16.4. The molecule has 8 heteroatoms. The van der Waals surface area contributed by atoms with Crippen LogP contribution in [0.3, 0.4) is 0 Å². The van der Waals surface area contributed by atoms with Gasteiger partial charge in [0.2, 0.25) is 0 Å². The summed E-state index contributed by atoms with van der Waals surface area (Å²) in [4.78, 5) is 27.8. The number of esters is 2. The van der Waals surface area contributed by atoms with E-state index in [1.807, 2.05) is 30.3 Å². The molecule has 0 bridgehead atoms. The number of hydrogen-bond donors (Lipinski definition) is 1. The number of rotatable bonds is 4. The minimum Gasteiger partial charge on any atom is -0.466 e. The molecule has 2 N–H and O–H groups in total. The smallest absolute Gasteiger partial charge is 0.355 e. The number of anilines is 1. The molecule has 4 rings (SSSR count). The number of nitriles is 1. The van der Waals surface area contributed by atoms with Crippen molar-refractivity contribution in [2.24, 2.45) is 5.73 Å². The van der Waals surface area contributed by atoms with Crippen LogP contribution in [-0.4, -0.2) is 26.2 Å². The summed E-state index contributed by atoms with van der Waals surface area (Å²) in [5.74, 6) is -2.43. The maximum atomic E-state index is 13.2. The van der Waals surface area contributed by atoms with Crippen molar-refractivity contribution in [2.45, 2.75) is 5.92 Å². The molecule has 0 fully saturated rings. The Morgan fingerprint density at radius 1 is 0.941 bits per heavy atom. The molecular weight excluding hydrogens is 498 g/mol. The van der Waals surface area contributed by atoms with E-state index in [0.717, 1.165) is 15.2 Å². The molecule has 3 aromatic carbocycles. The Labute approximate surface area is 204 Å². The summed E-state index contributed by atoms with van der Waals surface area (Å²) in [6.45, 7) is 0. The standard InChI is InChI=1S/C26H20BrN3O4/c1-33-25(31)22-21(15-8-4-3-5-9-15)18(14-28)24(29)30(23(22)26(32)34-2)20-13-7-10-16-17(20)11-6-12-19(16)27/h3-13,21H,29H2,1-2H3. The zero-order chi connectivity index (χ0) is 24.4. The van der Waals surface area contributed by atoms with Gasteiger partial charge in [0.15, 0.2) is 0 Å². The largest absolute Gasteiger partial charge is 0.466 e. The highest BCUT2D eigenvalue weighted by Gasteiger charge is 2.43. The average Bonchev–Trinajstić information content (AvgIpc) is 2.87. The predicted octanol–water partition coefficient (Wildman–Crippen LogP) is 4.50. The normalized spacial score (nSPS) is 15.8. The topological polar surface area (TPSA) is 106 Å². The van der Waals surface area contributed by atoms with Crippen molar-refractivity contribution < 1.29 is 19.1 Å². The number of methoxy groups -OCH3 is 2. The van der Waals surface area contributed by atoms with E-state index >= 15 is 0 Å². The van der Waals surface area contributed by atoms with E-state index in [2.05, 4.69) is 22.0 Å². The number of carbonyl (C=O) groups excluding carboxylic acids is 2. The maximum absolute atomic E-state index is 13.2. The number of allylic oxidation sites excluding steroid dienone is 1. The summed E-state index contributed by atoms with van der Waals surface area (Å²) in [5.41, 5.74) is 7.70. The summed E-state index contributed by atoms with van der Waals surface area (Å²) in [7, 11) is 2.44. The number of nitrogens with zero attached hydrogens (tertiary/aromatic N) is 2. The van der Waals surface area contributed by atoms with Crippen LogP contribution in [0.15, 0.2) is 93.9 Å². The summed E-state index contributed by atoms with van der Waals surface area (Å²) in [5, 5.41) is 11.8. The van der Waals surface area contributed by atoms with Crippen molar-refractivity contribution in [1.82, 2.24) is 0 Å². The third kappa shape index (κ3) is 3.70. The first-order valence-electron chi connectivity index (χ1n) is 10.3. The van der Waals surface area contributed by atoms with Crippen molar-refractivity contribution in [1.29, 1.82) is 5.26 Å². The van der Waals surface area contributed by atoms with Gasteiger partial charge in [-0.05, 0) is 23.1 Å². The molecule has 1 unspecified atom stereocenters. The van der Waals surface area contributed by atoms with Gasteiger partial charge in [-0.2, -0.15) is 5.26 Å². The fourth-order valence-corrected chi connectivity index (χ4v) is 4.71. The Kier molecular flexibility index (Phi) is 6.39. The second-order valence-corrected chi connectivity index (χ2v) is 8.30. The molecule has 170 valence electrons. The van der Waals surface area contributed by atoms with Crippen LogP contribution in [0, 0.1) is 11.3 Å². The molecule has 1 aliphatic rings. The van der Waals surface area contributed by atoms with Crippen LogP contribution in [0.25, 0.3) is 10.8 Å². The lowest BCUT2D eigenvalue weighted by Crippen LogP contribution is -2.40. The zero-order valence-corrected chi connectivity index (χ0v) is 20.0. The lowest BCUT2D eigenvalue weighted by Gasteiger charge is -2.36. The first kappa shape index (κ1) is 23.1. The Hall–Kier alpha value is -4.09. The molecule has 0 aliphatic carbocycles. The highest BCUT2D eigenvalue weighted by atomic mass is 79.9. The number of nitrogens with two attached hydrogens (primary N) is 1. The van der Waals surface area contributed by atoms with Gasteiger partial charge in [0.1, 0.15) is 11.5 Å². The molecule has 0 aromatic heterocycles. The molecule has 0 saturated carbocycles. The van der Waals surface area contributed by atoms with Gasteiger partial charge in [-0.3, -0.25) is 4.90 Å². The number of fused-ring (bicyclic) bond motifs is 1. The summed E-state index contributed by atoms with van der Waals surface area (Å²) >= 11 is 3.55. The predicted molar refractivity (Wildman–Crippen MR) is 131 cm³/mol. The molecule has 1 atom stereocenters. The van der Waals surface area contributed by atoms with Gasteiger partial charge in [-0.25, -0.2) is 9.59 Å². The van der Waals surface area contributed by atoms with Crippen molar-refractivity contribution in [3.05, 3.63) is 99.4 Å². The number of carbonyl (C=O) groups is 2. The third-order valence-corrected chi connectivity index (χ3v) is 6.39. The third-order valence-electron chi connectivity index (χ3n) is 5.70. The fourth-order valence-electron chi connectivity index (χ4n) is 4.21. The van der Waals surface area contributed by atoms with E-state index in [0.29, 0.717) is 11.3 Å². The second-order valence-electron chi connectivity index (χ2n) is 7.45. The quantitative estimate of drug-likeness (QED) is 0.507. The van der Waals surface area contributed by atoms with Crippen LogP contribution >= 0.6 is 15.9 Å². The molecule has 1 heterocycles. The molecule has 34 heavy (non-hydrogen) atoms. The summed E-state index contributed by atoms with van der Waals surface area (Å²) in [6.07, 6.45) is 0. The van der Waals surface area contributed by atoms with Gasteiger partial charge in [0.05, 0.1) is 43.0 Å². The van der Waals surface area contributed by atoms with Crippen molar-refractivity contribution in [3.63, 3.8) is 0 Å². The van der Waals surface area contributed by atoms with Crippen LogP contribution in [-0.2, 0) is 19.1 Å². The summed E-state index contributed by atoms with van der Waals surface area (Å²) < 4.78 is 11.0. The zero-order valence-electron chi connectivity index (χ0n) is 18.4. The minimum atomic E-state index is -0.911. The first-order valence-corrected chi connectivity index (χ1v) is 11.1. The van der Waals surface area contributed by atoms with E-state index in [1.165, 1.54) is 19.1 Å². The van der Waals surface area contributed by atoms with Gasteiger partial charge >= 0.3 is 11.9 Å². The molecular formula is C26H20BrN3O4. The van der Waals surface area contributed by atoms with Crippen molar-refractivity contribution in [2.75, 3.05) is 19.1 Å². The van der Waals surface area contributed by atoms with E-state index < -0.39 is 17.9 Å². The van der Waals surface area contributed by atoms with E-state index in [1.54, 1.807) is 36.4 Å². The number of benzene rings is 3. The van der Waals surface area contributed by atoms with E-state index in [9.17, 15) is 14.9 Å². The molecule has 0 spiro atoms. The van der Waals surface area contributed by atoms with Gasteiger partial charge in [-0.15, -0.1) is 0 Å². The molecule has 0 saturated heterocycles. The van der Waals surface area contributed by atoms with Gasteiger partial charge < -0.3 is 15.2 Å². The van der Waals surface area contributed by atoms with Gasteiger partial charge in [0, 0.05) is 9.86 Å². The molecule has 7 nitrogen and oxygen atoms in total. The lowest BCUT2D eigenvalue weighted by molar-refractivity contribution is -0.139. The Morgan fingerprint density at radius 2 is 1.59 bits per heavy atom. The van der Waals surface area contributed by atoms with E-state index in [4.69, 9.17) is 15.2 Å².